The minimum absolute atomic E-state index is 0.0251. The predicted octanol–water partition coefficient (Wildman–Crippen LogP) is 1.36. The van der Waals surface area contributed by atoms with Crippen molar-refractivity contribution in [3.05, 3.63) is 95.1 Å². The molecule has 0 saturated heterocycles. The van der Waals surface area contributed by atoms with Crippen molar-refractivity contribution in [2.45, 2.75) is 95.1 Å². The standard InChI is InChI=1S/C56H79N21O8S4/c1-86-41-17-13-29(25-33(41)45(58)78)72-50(83)38(10-6-22-68-54(61)62)75-47(80)35-27-31(15-19-43(35)88-3)74-52(85)40(12-8-24-70-56(65)66)77-48(81)36-28-32(16-20-44(36)89-4)73-51(84)39(11-7-23-69-55(63)64)76-46(79)34-26-30(14-18-42(34)87-2)71-49(82)37(57)9-5-21-67-53(59)60/h13-20,25-28,37-40H,5-12,21-24,57H2,1-4H3,(H2,58,78)(H,71,82)(H,72,83)(H,73,84)(H,74,85)(H,75,80)(H,76,79)(H,77,81)(H4,59,60,67)(H4,61,62,68)(H4,63,64,69)(H4,65,66,70). The highest BCUT2D eigenvalue weighted by atomic mass is 32.2. The molecule has 0 spiro atoms. The van der Waals surface area contributed by atoms with Gasteiger partial charge in [0.15, 0.2) is 23.8 Å². The molecule has 89 heavy (non-hydrogen) atoms. The number of hydrogen-bond donors (Lipinski definition) is 17. The zero-order chi connectivity index (χ0) is 65.7. The SMILES string of the molecule is CSc1ccc(NC(=O)C(CCCN=C(N)N)NC(=O)c2cc(NC(=O)C(CCCN=C(N)N)NC(=O)c3cc(NC(=O)C(CCCN=C(N)N)NC(=O)c4cc(NC(=O)C(N)CCCN=C(N)N)ccc4SC)ccc3SC)ccc2SC)cc1C(N)=O. The van der Waals surface area contributed by atoms with E-state index in [9.17, 15) is 38.4 Å². The fourth-order valence-electron chi connectivity index (χ4n) is 8.47. The lowest BCUT2D eigenvalue weighted by Crippen LogP contribution is -2.45. The summed E-state index contributed by atoms with van der Waals surface area (Å²) in [4.78, 5) is 129. The van der Waals surface area contributed by atoms with Crippen molar-refractivity contribution in [1.29, 1.82) is 0 Å². The molecule has 4 rings (SSSR count). The van der Waals surface area contributed by atoms with E-state index < -0.39 is 71.4 Å². The first-order chi connectivity index (χ1) is 42.4. The van der Waals surface area contributed by atoms with Gasteiger partial charge in [0.25, 0.3) is 17.7 Å². The van der Waals surface area contributed by atoms with E-state index in [0.29, 0.717) is 26.0 Å². The Labute approximate surface area is 532 Å². The Morgan fingerprint density at radius 1 is 0.371 bits per heavy atom. The molecule has 0 heterocycles. The van der Waals surface area contributed by atoms with Crippen molar-refractivity contribution in [3.63, 3.8) is 0 Å². The van der Waals surface area contributed by atoms with Crippen molar-refractivity contribution in [3.8, 4) is 0 Å². The first-order valence-electron chi connectivity index (χ1n) is 27.5. The number of aliphatic imine (C=N–C) groups is 4. The molecule has 29 nitrogen and oxygen atoms in total. The van der Waals surface area contributed by atoms with Gasteiger partial charge in [-0.05, 0) is 149 Å². The van der Waals surface area contributed by atoms with Crippen LogP contribution < -0.4 is 94.6 Å². The van der Waals surface area contributed by atoms with Gasteiger partial charge in [-0.1, -0.05) is 0 Å². The second-order valence-electron chi connectivity index (χ2n) is 19.5. The molecule has 0 aliphatic rings. The summed E-state index contributed by atoms with van der Waals surface area (Å²) in [5.41, 5.74) is 57.2. The van der Waals surface area contributed by atoms with Gasteiger partial charge in [0.1, 0.15) is 18.1 Å². The Bertz CT molecular complexity index is 3300. The predicted molar refractivity (Wildman–Crippen MR) is 357 cm³/mol. The average molecular weight is 1300 g/mol. The number of benzene rings is 4. The number of carbonyl (C=O) groups is 8. The summed E-state index contributed by atoms with van der Waals surface area (Å²) in [6, 6.07) is 14.2. The number of nitrogens with two attached hydrogens (primary N) is 10. The third-order valence-corrected chi connectivity index (χ3v) is 16.1. The summed E-state index contributed by atoms with van der Waals surface area (Å²) in [6.07, 6.45) is 8.66. The van der Waals surface area contributed by atoms with Gasteiger partial charge in [-0.25, -0.2) is 0 Å². The quantitative estimate of drug-likeness (QED) is 0.0134. The average Bonchev–Trinajstić information content (AvgIpc) is 2.33. The van der Waals surface area contributed by atoms with Crippen LogP contribution in [-0.2, 0) is 19.2 Å². The molecular formula is C56H79N21O8S4. The van der Waals surface area contributed by atoms with Crippen molar-refractivity contribution in [2.24, 2.45) is 77.3 Å². The van der Waals surface area contributed by atoms with Crippen molar-refractivity contribution < 1.29 is 38.4 Å². The second kappa shape index (κ2) is 37.0. The van der Waals surface area contributed by atoms with E-state index in [1.807, 2.05) is 0 Å². The zero-order valence-electron chi connectivity index (χ0n) is 49.7. The molecule has 0 saturated carbocycles. The number of anilines is 4. The molecule has 0 aliphatic carbocycles. The number of nitrogens with one attached hydrogen (secondary N) is 7. The summed E-state index contributed by atoms with van der Waals surface area (Å²) in [5, 5.41) is 19.5. The van der Waals surface area contributed by atoms with Crippen LogP contribution in [0.15, 0.2) is 112 Å². The van der Waals surface area contributed by atoms with Gasteiger partial charge in [0, 0.05) is 68.5 Å². The van der Waals surface area contributed by atoms with E-state index in [2.05, 4.69) is 57.2 Å². The monoisotopic (exact) mass is 1300 g/mol. The van der Waals surface area contributed by atoms with Crippen molar-refractivity contribution >= 4 is 141 Å². The van der Waals surface area contributed by atoms with Crippen LogP contribution in [0.3, 0.4) is 0 Å². The molecule has 0 fully saturated rings. The van der Waals surface area contributed by atoms with Gasteiger partial charge >= 0.3 is 0 Å². The summed E-state index contributed by atoms with van der Waals surface area (Å²) >= 11 is 5.03. The van der Waals surface area contributed by atoms with Gasteiger partial charge in [-0.15, -0.1) is 47.0 Å². The zero-order valence-corrected chi connectivity index (χ0v) is 53.0. The smallest absolute Gasteiger partial charge is 0.253 e. The maximum atomic E-state index is 14.5. The number of carbonyl (C=O) groups excluding carboxylic acids is 8. The number of amides is 8. The van der Waals surface area contributed by atoms with E-state index in [4.69, 9.17) is 57.3 Å². The molecule has 0 bridgehead atoms. The Hall–Kier alpha value is -8.92. The highest BCUT2D eigenvalue weighted by Gasteiger charge is 2.28. The van der Waals surface area contributed by atoms with Crippen LogP contribution in [0.25, 0.3) is 0 Å². The van der Waals surface area contributed by atoms with Crippen molar-refractivity contribution in [2.75, 3.05) is 72.5 Å². The molecule has 27 N–H and O–H groups in total. The summed E-state index contributed by atoms with van der Waals surface area (Å²) in [5.74, 6) is -5.76. The van der Waals surface area contributed by atoms with E-state index in [1.165, 1.54) is 71.3 Å². The van der Waals surface area contributed by atoms with Crippen LogP contribution in [0.5, 0.6) is 0 Å². The molecule has 4 aromatic carbocycles. The van der Waals surface area contributed by atoms with E-state index in [1.54, 1.807) is 73.6 Å². The Balaban J connectivity index is 1.60. The minimum Gasteiger partial charge on any atom is -0.370 e. The fourth-order valence-corrected chi connectivity index (χ4v) is 10.8. The van der Waals surface area contributed by atoms with Crippen LogP contribution >= 0.6 is 47.0 Å². The van der Waals surface area contributed by atoms with Crippen molar-refractivity contribution in [1.82, 2.24) is 16.0 Å². The lowest BCUT2D eigenvalue weighted by molar-refractivity contribution is -0.118. The maximum absolute atomic E-state index is 14.5. The molecule has 480 valence electrons. The number of hydrogen-bond acceptors (Lipinski definition) is 17. The van der Waals surface area contributed by atoms with Crippen LogP contribution in [0, 0.1) is 0 Å². The molecule has 8 amide bonds. The summed E-state index contributed by atoms with van der Waals surface area (Å²) < 4.78 is 0. The number of rotatable bonds is 35. The van der Waals surface area contributed by atoms with E-state index in [-0.39, 0.29) is 140 Å². The molecule has 4 unspecified atom stereocenters. The van der Waals surface area contributed by atoms with Gasteiger partial charge in [0.2, 0.25) is 29.5 Å². The highest BCUT2D eigenvalue weighted by Crippen LogP contribution is 2.29. The summed E-state index contributed by atoms with van der Waals surface area (Å²) in [6.45, 7) is 0.660. The summed E-state index contributed by atoms with van der Waals surface area (Å²) in [7, 11) is 0. The lowest BCUT2D eigenvalue weighted by atomic mass is 10.1. The number of guanidine groups is 4. The Morgan fingerprint density at radius 2 is 0.618 bits per heavy atom. The Morgan fingerprint density at radius 3 is 0.876 bits per heavy atom. The third kappa shape index (κ3) is 24.3. The molecule has 0 aliphatic heterocycles. The van der Waals surface area contributed by atoms with Crippen LogP contribution in [0.2, 0.25) is 0 Å². The van der Waals surface area contributed by atoms with Crippen LogP contribution in [-0.4, -0.2) is 146 Å². The molecule has 4 atom stereocenters. The molecule has 4 aromatic rings. The van der Waals surface area contributed by atoms with E-state index >= 15 is 0 Å². The number of thioether (sulfide) groups is 4. The largest absolute Gasteiger partial charge is 0.370 e. The topological polar surface area (TPSA) is 530 Å². The van der Waals surface area contributed by atoms with Gasteiger partial charge < -0.3 is 94.6 Å². The van der Waals surface area contributed by atoms with E-state index in [0.717, 1.165) is 0 Å². The van der Waals surface area contributed by atoms with Crippen LogP contribution in [0.4, 0.5) is 22.7 Å². The highest BCUT2D eigenvalue weighted by molar-refractivity contribution is 7.99. The Kier molecular flexibility index (Phi) is 30.2. The molecule has 0 aromatic heterocycles. The van der Waals surface area contributed by atoms with Gasteiger partial charge in [-0.2, -0.15) is 0 Å². The first kappa shape index (κ1) is 72.6. The first-order valence-corrected chi connectivity index (χ1v) is 32.4. The minimum atomic E-state index is -1.23. The lowest BCUT2D eigenvalue weighted by Gasteiger charge is -2.22. The second-order valence-corrected chi connectivity index (χ2v) is 22.9. The number of nitrogens with zero attached hydrogens (tertiary/aromatic N) is 4. The van der Waals surface area contributed by atoms with Crippen LogP contribution in [0.1, 0.15) is 92.8 Å². The number of primary amides is 1. The maximum Gasteiger partial charge on any atom is 0.253 e. The fraction of sp³-hybridized carbons (Fsp3) is 0.357. The van der Waals surface area contributed by atoms with Gasteiger partial charge in [-0.3, -0.25) is 58.3 Å². The molecule has 0 radical (unpaired) electrons. The third-order valence-electron chi connectivity index (χ3n) is 12.9. The molecular weight excluding hydrogens is 1220 g/mol. The normalized spacial score (nSPS) is 12.1. The molecule has 33 heteroatoms. The van der Waals surface area contributed by atoms with Gasteiger partial charge in [0.05, 0.1) is 28.3 Å².